The molecular weight excluding hydrogens is 353 g/mol. The molecule has 1 N–H and O–H groups in total. The maximum Gasteiger partial charge on any atom is 0.261 e. The van der Waals surface area contributed by atoms with Crippen LogP contribution in [0.3, 0.4) is 0 Å². The second-order valence-electron chi connectivity index (χ2n) is 5.81. The Balaban J connectivity index is 1.72. The van der Waals surface area contributed by atoms with E-state index < -0.39 is 0 Å². The molecule has 3 aromatic rings. The van der Waals surface area contributed by atoms with Crippen molar-refractivity contribution >= 4 is 27.3 Å². The van der Waals surface area contributed by atoms with Crippen molar-refractivity contribution in [3.8, 4) is 5.75 Å². The van der Waals surface area contributed by atoms with Gasteiger partial charge in [0.1, 0.15) is 11.6 Å². The molecular formula is C20H20FNO3S. The number of halogens is 1. The molecule has 4 nitrogen and oxygen atoms in total. The monoisotopic (exact) mass is 373 g/mol. The molecule has 0 radical (unpaired) electrons. The van der Waals surface area contributed by atoms with Gasteiger partial charge >= 0.3 is 0 Å². The summed E-state index contributed by atoms with van der Waals surface area (Å²) >= 11 is 1.29. The maximum atomic E-state index is 14.2. The number of hydrogen-bond donors (Lipinski definition) is 1. The van der Waals surface area contributed by atoms with Gasteiger partial charge in [0.25, 0.3) is 5.91 Å². The molecule has 0 bridgehead atoms. The highest BCUT2D eigenvalue weighted by molar-refractivity contribution is 7.21. The summed E-state index contributed by atoms with van der Waals surface area (Å²) < 4.78 is 25.3. The van der Waals surface area contributed by atoms with Gasteiger partial charge in [0.05, 0.1) is 18.6 Å². The molecule has 0 saturated carbocycles. The third-order valence-corrected chi connectivity index (χ3v) is 5.31. The molecule has 0 unspecified atom stereocenters. The molecule has 1 amide bonds. The molecule has 0 aliphatic heterocycles. The lowest BCUT2D eigenvalue weighted by Gasteiger charge is -2.07. The summed E-state index contributed by atoms with van der Waals surface area (Å²) in [6.45, 7) is 0.691. The summed E-state index contributed by atoms with van der Waals surface area (Å²) in [7, 11) is 3.16. The van der Waals surface area contributed by atoms with Gasteiger partial charge < -0.3 is 14.8 Å². The Morgan fingerprint density at radius 3 is 2.62 bits per heavy atom. The van der Waals surface area contributed by atoms with E-state index in [9.17, 15) is 9.18 Å². The van der Waals surface area contributed by atoms with E-state index in [1.807, 2.05) is 30.3 Å². The van der Waals surface area contributed by atoms with Crippen LogP contribution in [0.25, 0.3) is 10.1 Å². The summed E-state index contributed by atoms with van der Waals surface area (Å²) in [4.78, 5) is 13.1. The van der Waals surface area contributed by atoms with Crippen LogP contribution in [0.1, 0.15) is 20.8 Å². The van der Waals surface area contributed by atoms with Crippen molar-refractivity contribution in [2.75, 3.05) is 20.8 Å². The van der Waals surface area contributed by atoms with Gasteiger partial charge in [-0.2, -0.15) is 0 Å². The fourth-order valence-electron chi connectivity index (χ4n) is 2.83. The number of thiophene rings is 1. The van der Waals surface area contributed by atoms with Crippen LogP contribution in [0, 0.1) is 5.82 Å². The van der Waals surface area contributed by atoms with Gasteiger partial charge in [-0.1, -0.05) is 18.2 Å². The second kappa shape index (κ2) is 8.29. The standard InChI is InChI=1S/C20H20FNO3S/c1-24-12-15-18-16(21)4-3-5-17(18)26-19(15)20(23)22-11-10-13-6-8-14(25-2)9-7-13/h3-9H,10-12H2,1-2H3,(H,22,23). The van der Waals surface area contributed by atoms with Crippen LogP contribution in [0.2, 0.25) is 0 Å². The molecule has 0 spiro atoms. The third kappa shape index (κ3) is 3.86. The number of carbonyl (C=O) groups is 1. The highest BCUT2D eigenvalue weighted by Crippen LogP contribution is 2.33. The molecule has 136 valence electrons. The molecule has 0 aliphatic rings. The van der Waals surface area contributed by atoms with Crippen LogP contribution in [0.15, 0.2) is 42.5 Å². The molecule has 6 heteroatoms. The number of hydrogen-bond acceptors (Lipinski definition) is 4. The average Bonchev–Trinajstić information content (AvgIpc) is 3.02. The van der Waals surface area contributed by atoms with Gasteiger partial charge in [0.15, 0.2) is 0 Å². The smallest absolute Gasteiger partial charge is 0.261 e. The quantitative estimate of drug-likeness (QED) is 0.676. The van der Waals surface area contributed by atoms with Gasteiger partial charge in [0, 0.05) is 29.3 Å². The lowest BCUT2D eigenvalue weighted by molar-refractivity contribution is 0.0954. The van der Waals surface area contributed by atoms with E-state index in [2.05, 4.69) is 5.32 Å². The highest BCUT2D eigenvalue weighted by atomic mass is 32.1. The van der Waals surface area contributed by atoms with Gasteiger partial charge in [-0.15, -0.1) is 11.3 Å². The first kappa shape index (κ1) is 18.4. The van der Waals surface area contributed by atoms with E-state index in [4.69, 9.17) is 9.47 Å². The largest absolute Gasteiger partial charge is 0.497 e. The van der Waals surface area contributed by atoms with E-state index >= 15 is 0 Å². The van der Waals surface area contributed by atoms with Crippen molar-refractivity contribution in [3.63, 3.8) is 0 Å². The Morgan fingerprint density at radius 1 is 1.15 bits per heavy atom. The lowest BCUT2D eigenvalue weighted by atomic mass is 10.1. The Hall–Kier alpha value is -2.44. The minimum atomic E-state index is -0.330. The van der Waals surface area contributed by atoms with Crippen LogP contribution in [-0.4, -0.2) is 26.7 Å². The van der Waals surface area contributed by atoms with Gasteiger partial charge in [-0.3, -0.25) is 4.79 Å². The van der Waals surface area contributed by atoms with Crippen molar-refractivity contribution < 1.29 is 18.7 Å². The number of methoxy groups -OCH3 is 2. The van der Waals surface area contributed by atoms with Crippen LogP contribution in [-0.2, 0) is 17.8 Å². The SMILES string of the molecule is COCc1c(C(=O)NCCc2ccc(OC)cc2)sc2cccc(F)c12. The van der Waals surface area contributed by atoms with E-state index in [-0.39, 0.29) is 18.3 Å². The first-order valence-electron chi connectivity index (χ1n) is 8.24. The van der Waals surface area contributed by atoms with E-state index in [0.717, 1.165) is 16.0 Å². The fraction of sp³-hybridized carbons (Fsp3) is 0.250. The van der Waals surface area contributed by atoms with E-state index in [1.165, 1.54) is 24.5 Å². The van der Waals surface area contributed by atoms with Crippen molar-refractivity contribution in [2.45, 2.75) is 13.0 Å². The molecule has 0 atom stereocenters. The van der Waals surface area contributed by atoms with Crippen LogP contribution >= 0.6 is 11.3 Å². The number of ether oxygens (including phenoxy) is 2. The summed E-state index contributed by atoms with van der Waals surface area (Å²) in [6.07, 6.45) is 0.703. The number of fused-ring (bicyclic) bond motifs is 1. The molecule has 26 heavy (non-hydrogen) atoms. The molecule has 1 aromatic heterocycles. The second-order valence-corrected chi connectivity index (χ2v) is 6.86. The summed E-state index contributed by atoms with van der Waals surface area (Å²) in [5, 5.41) is 3.39. The first-order chi connectivity index (χ1) is 12.6. The minimum absolute atomic E-state index is 0.197. The predicted octanol–water partition coefficient (Wildman–Crippen LogP) is 4.17. The van der Waals surface area contributed by atoms with Gasteiger partial charge in [0.2, 0.25) is 0 Å². The summed E-state index contributed by atoms with van der Waals surface area (Å²) in [6, 6.07) is 12.6. The van der Waals surface area contributed by atoms with Gasteiger partial charge in [-0.25, -0.2) is 4.39 Å². The third-order valence-electron chi connectivity index (χ3n) is 4.12. The number of carbonyl (C=O) groups excluding carboxylic acids is 1. The topological polar surface area (TPSA) is 47.6 Å². The van der Waals surface area contributed by atoms with Gasteiger partial charge in [-0.05, 0) is 36.2 Å². The predicted molar refractivity (Wildman–Crippen MR) is 102 cm³/mol. The minimum Gasteiger partial charge on any atom is -0.497 e. The first-order valence-corrected chi connectivity index (χ1v) is 9.05. The maximum absolute atomic E-state index is 14.2. The number of amides is 1. The van der Waals surface area contributed by atoms with Crippen LogP contribution in [0.5, 0.6) is 5.75 Å². The molecule has 0 fully saturated rings. The summed E-state index contributed by atoms with van der Waals surface area (Å²) in [5.41, 5.74) is 1.71. The van der Waals surface area contributed by atoms with Crippen molar-refractivity contribution in [3.05, 3.63) is 64.3 Å². The van der Waals surface area contributed by atoms with Crippen molar-refractivity contribution in [1.82, 2.24) is 5.32 Å². The summed E-state index contributed by atoms with van der Waals surface area (Å²) in [5.74, 6) is 0.267. The molecule has 1 heterocycles. The number of benzene rings is 2. The van der Waals surface area contributed by atoms with E-state index in [0.29, 0.717) is 28.8 Å². The molecule has 2 aromatic carbocycles. The highest BCUT2D eigenvalue weighted by Gasteiger charge is 2.20. The Kier molecular flexibility index (Phi) is 5.85. The molecule has 0 aliphatic carbocycles. The zero-order valence-electron chi connectivity index (χ0n) is 14.7. The zero-order chi connectivity index (χ0) is 18.5. The lowest BCUT2D eigenvalue weighted by Crippen LogP contribution is -2.25. The van der Waals surface area contributed by atoms with Crippen molar-refractivity contribution in [2.24, 2.45) is 0 Å². The van der Waals surface area contributed by atoms with Crippen molar-refractivity contribution in [1.29, 1.82) is 0 Å². The Bertz CT molecular complexity index is 905. The van der Waals surface area contributed by atoms with Crippen LogP contribution in [0.4, 0.5) is 4.39 Å². The Labute approximate surface area is 155 Å². The van der Waals surface area contributed by atoms with Crippen LogP contribution < -0.4 is 10.1 Å². The number of rotatable bonds is 7. The fourth-order valence-corrected chi connectivity index (χ4v) is 3.96. The zero-order valence-corrected chi connectivity index (χ0v) is 15.5. The molecule has 0 saturated heterocycles. The molecule has 3 rings (SSSR count). The number of nitrogens with one attached hydrogen (secondary N) is 1. The van der Waals surface area contributed by atoms with E-state index in [1.54, 1.807) is 13.2 Å². The average molecular weight is 373 g/mol. The Morgan fingerprint density at radius 2 is 1.92 bits per heavy atom. The normalized spacial score (nSPS) is 10.9.